The number of rotatable bonds is 5. The van der Waals surface area contributed by atoms with Gasteiger partial charge in [-0.15, -0.1) is 0 Å². The van der Waals surface area contributed by atoms with Crippen LogP contribution in [0.2, 0.25) is 0 Å². The van der Waals surface area contributed by atoms with Gasteiger partial charge in [0.05, 0.1) is 0 Å². The molecule has 2 aromatic rings. The monoisotopic (exact) mass is 300 g/mol. The van der Waals surface area contributed by atoms with Crippen LogP contribution < -0.4 is 4.74 Å². The average Bonchev–Trinajstić information content (AvgIpc) is 2.76. The number of nitrogens with zero attached hydrogens (tertiary/aromatic N) is 2. The van der Waals surface area contributed by atoms with Crippen molar-refractivity contribution in [1.29, 1.82) is 0 Å². The van der Waals surface area contributed by atoms with E-state index in [0.29, 0.717) is 11.1 Å². The summed E-state index contributed by atoms with van der Waals surface area (Å²) in [5.41, 5.74) is 0.907. The summed E-state index contributed by atoms with van der Waals surface area (Å²) in [5.74, 6) is -2.27. The van der Waals surface area contributed by atoms with Crippen LogP contribution in [-0.2, 0) is 6.54 Å². The molecule has 8 heteroatoms. The molecule has 112 valence electrons. The summed E-state index contributed by atoms with van der Waals surface area (Å²) in [4.78, 5) is 14.6. The van der Waals surface area contributed by atoms with E-state index in [1.807, 2.05) is 0 Å². The lowest BCUT2D eigenvalue weighted by atomic mass is 10.1. The molecule has 0 fully saturated rings. The van der Waals surface area contributed by atoms with Gasteiger partial charge < -0.3 is 14.4 Å². The van der Waals surface area contributed by atoms with Crippen molar-refractivity contribution in [1.82, 2.24) is 9.55 Å². The number of alkyl halides is 2. The third-order valence-electron chi connectivity index (χ3n) is 2.84. The number of aryl methyl sites for hydroxylation is 1. The predicted octanol–water partition coefficient (Wildman–Crippen LogP) is 2.68. The van der Waals surface area contributed by atoms with E-state index in [0.717, 1.165) is 18.3 Å². The predicted molar refractivity (Wildman–Crippen MR) is 66.1 cm³/mol. The summed E-state index contributed by atoms with van der Waals surface area (Å²) in [6.45, 7) is -1.37. The Bertz CT molecular complexity index is 671. The normalized spacial score (nSPS) is 10.9. The molecular weight excluding hydrogens is 289 g/mol. The Morgan fingerprint density at radius 3 is 2.81 bits per heavy atom. The van der Waals surface area contributed by atoms with Crippen molar-refractivity contribution in [3.8, 4) is 5.75 Å². The largest absolute Gasteiger partial charge is 0.477 e. The lowest BCUT2D eigenvalue weighted by Crippen LogP contribution is -2.09. The molecule has 0 radical (unpaired) electrons. The first-order valence-corrected chi connectivity index (χ1v) is 5.86. The lowest BCUT2D eigenvalue weighted by Gasteiger charge is -2.08. The highest BCUT2D eigenvalue weighted by Gasteiger charge is 2.16. The molecule has 0 saturated heterocycles. The minimum atomic E-state index is -3.05. The quantitative estimate of drug-likeness (QED) is 0.862. The first-order chi connectivity index (χ1) is 9.86. The van der Waals surface area contributed by atoms with Gasteiger partial charge >= 0.3 is 12.6 Å². The number of hydrogen-bond donors (Lipinski definition) is 1. The van der Waals surface area contributed by atoms with Crippen LogP contribution >= 0.6 is 0 Å². The van der Waals surface area contributed by atoms with Gasteiger partial charge in [-0.3, -0.25) is 0 Å². The Morgan fingerprint density at radius 2 is 2.19 bits per heavy atom. The van der Waals surface area contributed by atoms with Gasteiger partial charge in [-0.2, -0.15) is 13.2 Å². The number of halogens is 3. The Kier molecular flexibility index (Phi) is 4.15. The van der Waals surface area contributed by atoms with Crippen LogP contribution in [0.5, 0.6) is 5.75 Å². The first-order valence-electron chi connectivity index (χ1n) is 5.86. The summed E-state index contributed by atoms with van der Waals surface area (Å²) in [5, 5.41) is 9.06. The number of carboxylic acid groups (broad SMARTS) is 1. The van der Waals surface area contributed by atoms with Crippen LogP contribution in [0.3, 0.4) is 0 Å². The first kappa shape index (κ1) is 14.9. The molecule has 0 spiro atoms. The van der Waals surface area contributed by atoms with Crippen LogP contribution in [0.15, 0.2) is 24.5 Å². The number of carbonyl (C=O) groups is 1. The van der Waals surface area contributed by atoms with Gasteiger partial charge in [0.25, 0.3) is 0 Å². The third kappa shape index (κ3) is 3.53. The molecule has 21 heavy (non-hydrogen) atoms. The van der Waals surface area contributed by atoms with Crippen LogP contribution in [0.1, 0.15) is 21.6 Å². The Labute approximate surface area is 117 Å². The maximum atomic E-state index is 13.1. The highest BCUT2D eigenvalue weighted by molar-refractivity contribution is 5.86. The van der Waals surface area contributed by atoms with Crippen LogP contribution in [0, 0.1) is 12.9 Å². The van der Waals surface area contributed by atoms with E-state index >= 15 is 0 Å². The summed E-state index contributed by atoms with van der Waals surface area (Å²) in [6.07, 6.45) is 2.44. The van der Waals surface area contributed by atoms with Gasteiger partial charge in [-0.25, -0.2) is 9.78 Å². The Hall–Kier alpha value is -2.51. The number of hydrogen-bond acceptors (Lipinski definition) is 3. The maximum Gasteiger partial charge on any atom is 0.387 e. The number of pyridine rings is 1. The molecule has 0 bridgehead atoms. The Morgan fingerprint density at radius 1 is 1.48 bits per heavy atom. The molecular formula is C13H11F3N2O3. The van der Waals surface area contributed by atoms with E-state index in [4.69, 9.17) is 5.11 Å². The molecule has 1 N–H and O–H groups in total. The fourth-order valence-electron chi connectivity index (χ4n) is 1.85. The van der Waals surface area contributed by atoms with Crippen molar-refractivity contribution < 1.29 is 27.8 Å². The molecule has 0 unspecified atom stereocenters. The highest BCUT2D eigenvalue weighted by Crippen LogP contribution is 2.21. The third-order valence-corrected chi connectivity index (χ3v) is 2.84. The number of aromatic nitrogens is 2. The molecule has 0 amide bonds. The molecule has 5 nitrogen and oxygen atoms in total. The van der Waals surface area contributed by atoms with E-state index in [1.165, 1.54) is 10.8 Å². The topological polar surface area (TPSA) is 64.4 Å². The minimum absolute atomic E-state index is 0.000491. The van der Waals surface area contributed by atoms with Crippen molar-refractivity contribution in [2.75, 3.05) is 0 Å². The van der Waals surface area contributed by atoms with E-state index in [2.05, 4.69) is 9.72 Å². The zero-order chi connectivity index (χ0) is 15.6. The fraction of sp³-hybridized carbons (Fsp3) is 0.231. The van der Waals surface area contributed by atoms with Gasteiger partial charge in [0.15, 0.2) is 0 Å². The van der Waals surface area contributed by atoms with Gasteiger partial charge in [0.1, 0.15) is 11.4 Å². The molecule has 2 aromatic heterocycles. The van der Waals surface area contributed by atoms with Crippen LogP contribution in [0.4, 0.5) is 13.2 Å². The summed E-state index contributed by atoms with van der Waals surface area (Å²) in [6, 6.07) is 2.15. The lowest BCUT2D eigenvalue weighted by molar-refractivity contribution is -0.0498. The van der Waals surface area contributed by atoms with E-state index < -0.39 is 18.5 Å². The standard InChI is InChI=1S/C13H11F3N2O3/c1-7-4-17-11(14)2-8(7)5-18-6-9(21-13(15)16)3-10(18)12(19)20/h2-4,6,13H,5H2,1H3,(H,19,20). The second-order valence-electron chi connectivity index (χ2n) is 4.31. The SMILES string of the molecule is Cc1cnc(F)cc1Cn1cc(OC(F)F)cc1C(=O)O. The molecule has 0 aliphatic heterocycles. The van der Waals surface area contributed by atoms with E-state index in [-0.39, 0.29) is 18.0 Å². The second kappa shape index (κ2) is 5.86. The number of ether oxygens (including phenoxy) is 1. The fourth-order valence-corrected chi connectivity index (χ4v) is 1.85. The van der Waals surface area contributed by atoms with E-state index in [1.54, 1.807) is 6.92 Å². The summed E-state index contributed by atoms with van der Waals surface area (Å²) < 4.78 is 42.8. The molecule has 0 aliphatic carbocycles. The van der Waals surface area contributed by atoms with Crippen molar-refractivity contribution >= 4 is 5.97 Å². The van der Waals surface area contributed by atoms with Crippen molar-refractivity contribution in [3.63, 3.8) is 0 Å². The molecule has 2 rings (SSSR count). The minimum Gasteiger partial charge on any atom is -0.477 e. The Balaban J connectivity index is 2.36. The van der Waals surface area contributed by atoms with Gasteiger partial charge in [-0.1, -0.05) is 0 Å². The smallest absolute Gasteiger partial charge is 0.387 e. The maximum absolute atomic E-state index is 13.1. The number of carboxylic acids is 1. The van der Waals surface area contributed by atoms with Crippen LogP contribution in [-0.4, -0.2) is 27.2 Å². The van der Waals surface area contributed by atoms with Crippen molar-refractivity contribution in [2.24, 2.45) is 0 Å². The van der Waals surface area contributed by atoms with Crippen molar-refractivity contribution in [3.05, 3.63) is 47.3 Å². The average molecular weight is 300 g/mol. The molecule has 0 aromatic carbocycles. The molecule has 0 atom stereocenters. The van der Waals surface area contributed by atoms with Gasteiger partial charge in [-0.05, 0) is 24.1 Å². The second-order valence-corrected chi connectivity index (χ2v) is 4.31. The van der Waals surface area contributed by atoms with Crippen LogP contribution in [0.25, 0.3) is 0 Å². The zero-order valence-corrected chi connectivity index (χ0v) is 10.9. The van der Waals surface area contributed by atoms with Gasteiger partial charge in [0.2, 0.25) is 5.95 Å². The highest BCUT2D eigenvalue weighted by atomic mass is 19.3. The summed E-state index contributed by atoms with van der Waals surface area (Å²) in [7, 11) is 0. The van der Waals surface area contributed by atoms with Gasteiger partial charge in [0, 0.05) is 25.0 Å². The summed E-state index contributed by atoms with van der Waals surface area (Å²) >= 11 is 0. The molecule has 0 aliphatic rings. The molecule has 0 saturated carbocycles. The molecule has 2 heterocycles. The zero-order valence-electron chi connectivity index (χ0n) is 10.9. The number of aromatic carboxylic acids is 1. The van der Waals surface area contributed by atoms with E-state index in [9.17, 15) is 18.0 Å². The van der Waals surface area contributed by atoms with Crippen molar-refractivity contribution in [2.45, 2.75) is 20.1 Å².